The largest absolute Gasteiger partial charge is 0.392 e. The van der Waals surface area contributed by atoms with Crippen LogP contribution in [0.25, 0.3) is 0 Å². The zero-order chi connectivity index (χ0) is 13.7. The Morgan fingerprint density at radius 1 is 1.39 bits per heavy atom. The molecule has 0 unspecified atom stereocenters. The van der Waals surface area contributed by atoms with Gasteiger partial charge in [0, 0.05) is 23.7 Å². The van der Waals surface area contributed by atoms with Crippen LogP contribution in [0.15, 0.2) is 12.2 Å². The molecule has 2 aliphatic rings. The second-order valence-electron chi connectivity index (χ2n) is 6.66. The molecule has 0 radical (unpaired) electrons. The molecule has 3 nitrogen and oxygen atoms in total. The Morgan fingerprint density at radius 2 is 2.00 bits per heavy atom. The minimum atomic E-state index is -0.962. The van der Waals surface area contributed by atoms with Crippen LogP contribution in [-0.2, 0) is 4.79 Å². The molecule has 2 saturated carbocycles. The van der Waals surface area contributed by atoms with Crippen molar-refractivity contribution in [3.05, 3.63) is 12.2 Å². The summed E-state index contributed by atoms with van der Waals surface area (Å²) in [4.78, 5) is 12.2. The third-order valence-corrected chi connectivity index (χ3v) is 5.21. The Morgan fingerprint density at radius 3 is 2.56 bits per heavy atom. The molecular formula is C15H24O3. The summed E-state index contributed by atoms with van der Waals surface area (Å²) in [7, 11) is 0. The molecule has 0 amide bonds. The van der Waals surface area contributed by atoms with E-state index in [1.165, 1.54) is 0 Å². The molecule has 102 valence electrons. The van der Waals surface area contributed by atoms with Crippen LogP contribution < -0.4 is 0 Å². The van der Waals surface area contributed by atoms with Crippen molar-refractivity contribution in [1.82, 2.24) is 0 Å². The first-order valence-corrected chi connectivity index (χ1v) is 6.79. The van der Waals surface area contributed by atoms with E-state index in [1.807, 2.05) is 13.8 Å². The number of aliphatic hydroxyl groups is 2. The summed E-state index contributed by atoms with van der Waals surface area (Å²) < 4.78 is 0. The molecule has 3 heteroatoms. The van der Waals surface area contributed by atoms with Gasteiger partial charge in [-0.3, -0.25) is 4.79 Å². The van der Waals surface area contributed by atoms with Crippen molar-refractivity contribution in [1.29, 1.82) is 0 Å². The SMILES string of the molecule is C=C(C)[C@@H]1CC[C@@]2(C)C(=O)CC[C@](C)(O)[C@@H]2[C@@H]1O. The number of ketones is 1. The fourth-order valence-electron chi connectivity index (χ4n) is 4.10. The summed E-state index contributed by atoms with van der Waals surface area (Å²) in [5, 5.41) is 21.2. The first-order valence-electron chi connectivity index (χ1n) is 6.79. The van der Waals surface area contributed by atoms with Gasteiger partial charge in [0.2, 0.25) is 0 Å². The number of rotatable bonds is 1. The smallest absolute Gasteiger partial charge is 0.139 e. The molecule has 2 fully saturated rings. The second-order valence-corrected chi connectivity index (χ2v) is 6.66. The summed E-state index contributed by atoms with van der Waals surface area (Å²) in [5.41, 5.74) is -0.595. The molecule has 2 aliphatic carbocycles. The third kappa shape index (κ3) is 1.84. The van der Waals surface area contributed by atoms with E-state index in [0.29, 0.717) is 12.8 Å². The van der Waals surface area contributed by atoms with Gasteiger partial charge >= 0.3 is 0 Å². The number of carbonyl (C=O) groups is 1. The Labute approximate surface area is 109 Å². The molecule has 0 saturated heterocycles. The standard InChI is InChI=1S/C15H24O3/c1-9(2)10-5-7-14(3)11(16)6-8-15(4,18)13(14)12(10)17/h10,12-13,17-18H,1,5-8H2,2-4H3/t10-,12+,13+,14-,15-/m0/s1. The maximum Gasteiger partial charge on any atom is 0.139 e. The maximum absolute atomic E-state index is 12.2. The number of fused-ring (bicyclic) bond motifs is 1. The lowest BCUT2D eigenvalue weighted by molar-refractivity contribution is -0.183. The predicted octanol–water partition coefficient (Wildman–Crippen LogP) is 2.07. The van der Waals surface area contributed by atoms with Crippen LogP contribution >= 0.6 is 0 Å². The highest BCUT2D eigenvalue weighted by molar-refractivity contribution is 5.86. The van der Waals surface area contributed by atoms with Gasteiger partial charge in [-0.05, 0) is 33.1 Å². The van der Waals surface area contributed by atoms with Crippen LogP contribution in [0.5, 0.6) is 0 Å². The molecule has 0 aliphatic heterocycles. The number of aliphatic hydroxyl groups excluding tert-OH is 1. The van der Waals surface area contributed by atoms with Gasteiger partial charge in [-0.2, -0.15) is 0 Å². The molecule has 5 atom stereocenters. The molecule has 0 aromatic rings. The average molecular weight is 252 g/mol. The van der Waals surface area contributed by atoms with E-state index in [9.17, 15) is 15.0 Å². The topological polar surface area (TPSA) is 57.5 Å². The van der Waals surface area contributed by atoms with Crippen LogP contribution in [0.1, 0.15) is 46.5 Å². The number of hydrogen-bond donors (Lipinski definition) is 2. The van der Waals surface area contributed by atoms with Crippen LogP contribution in [0.3, 0.4) is 0 Å². The van der Waals surface area contributed by atoms with Crippen molar-refractivity contribution in [2.45, 2.75) is 58.2 Å². The molecular weight excluding hydrogens is 228 g/mol. The van der Waals surface area contributed by atoms with Gasteiger partial charge in [0.05, 0.1) is 11.7 Å². The number of hydrogen-bond acceptors (Lipinski definition) is 3. The lowest BCUT2D eigenvalue weighted by Gasteiger charge is -2.55. The van der Waals surface area contributed by atoms with Crippen LogP contribution in [0, 0.1) is 17.3 Å². The minimum absolute atomic E-state index is 0.000417. The number of Topliss-reactive ketones (excluding diaryl/α,β-unsaturated/α-hetero) is 1. The molecule has 2 N–H and O–H groups in total. The zero-order valence-electron chi connectivity index (χ0n) is 11.6. The highest BCUT2D eigenvalue weighted by atomic mass is 16.3. The Bertz CT molecular complexity index is 385. The van der Waals surface area contributed by atoms with Gasteiger partial charge in [0.15, 0.2) is 0 Å². The van der Waals surface area contributed by atoms with Crippen molar-refractivity contribution >= 4 is 5.78 Å². The zero-order valence-corrected chi connectivity index (χ0v) is 11.6. The van der Waals surface area contributed by atoms with Crippen molar-refractivity contribution in [3.63, 3.8) is 0 Å². The molecule has 0 aromatic carbocycles. The quantitative estimate of drug-likeness (QED) is 0.702. The van der Waals surface area contributed by atoms with E-state index in [-0.39, 0.29) is 17.6 Å². The van der Waals surface area contributed by atoms with E-state index >= 15 is 0 Å². The summed E-state index contributed by atoms with van der Waals surface area (Å²) in [6.07, 6.45) is 1.73. The Kier molecular flexibility index (Phi) is 3.19. The van der Waals surface area contributed by atoms with Gasteiger partial charge in [0.1, 0.15) is 5.78 Å². The number of carbonyl (C=O) groups excluding carboxylic acids is 1. The van der Waals surface area contributed by atoms with Gasteiger partial charge in [-0.25, -0.2) is 0 Å². The third-order valence-electron chi connectivity index (χ3n) is 5.21. The minimum Gasteiger partial charge on any atom is -0.392 e. The Balaban J connectivity index is 2.41. The van der Waals surface area contributed by atoms with Gasteiger partial charge < -0.3 is 10.2 Å². The van der Waals surface area contributed by atoms with E-state index in [4.69, 9.17) is 0 Å². The lowest BCUT2D eigenvalue weighted by Crippen LogP contribution is -2.61. The fraction of sp³-hybridized carbons (Fsp3) is 0.800. The van der Waals surface area contributed by atoms with Crippen molar-refractivity contribution < 1.29 is 15.0 Å². The summed E-state index contributed by atoms with van der Waals surface area (Å²) in [6.45, 7) is 9.51. The van der Waals surface area contributed by atoms with Gasteiger partial charge in [-0.15, -0.1) is 0 Å². The summed E-state index contributed by atoms with van der Waals surface area (Å²) in [5.74, 6) is -0.180. The van der Waals surface area contributed by atoms with E-state index < -0.39 is 17.1 Å². The van der Waals surface area contributed by atoms with Gasteiger partial charge in [0.25, 0.3) is 0 Å². The summed E-state index contributed by atoms with van der Waals surface area (Å²) >= 11 is 0. The predicted molar refractivity (Wildman–Crippen MR) is 70.0 cm³/mol. The first kappa shape index (κ1) is 13.8. The maximum atomic E-state index is 12.2. The van der Waals surface area contributed by atoms with E-state index in [1.54, 1.807) is 6.92 Å². The molecule has 0 bridgehead atoms. The normalized spacial score (nSPS) is 48.7. The highest BCUT2D eigenvalue weighted by Gasteiger charge is 2.59. The Hall–Kier alpha value is -0.670. The molecule has 2 rings (SSSR count). The van der Waals surface area contributed by atoms with Crippen molar-refractivity contribution in [2.75, 3.05) is 0 Å². The second kappa shape index (κ2) is 4.17. The monoisotopic (exact) mass is 252 g/mol. The first-order chi connectivity index (χ1) is 8.20. The lowest BCUT2D eigenvalue weighted by atomic mass is 9.51. The van der Waals surface area contributed by atoms with Crippen molar-refractivity contribution in [2.24, 2.45) is 17.3 Å². The van der Waals surface area contributed by atoms with Crippen LogP contribution in [-0.4, -0.2) is 27.7 Å². The van der Waals surface area contributed by atoms with Crippen LogP contribution in [0.2, 0.25) is 0 Å². The van der Waals surface area contributed by atoms with E-state index in [0.717, 1.165) is 18.4 Å². The average Bonchev–Trinajstić information content (AvgIpc) is 2.23. The molecule has 18 heavy (non-hydrogen) atoms. The van der Waals surface area contributed by atoms with Crippen molar-refractivity contribution in [3.8, 4) is 0 Å². The highest BCUT2D eigenvalue weighted by Crippen LogP contribution is 2.54. The van der Waals surface area contributed by atoms with Crippen LogP contribution in [0.4, 0.5) is 0 Å². The van der Waals surface area contributed by atoms with E-state index in [2.05, 4.69) is 6.58 Å². The molecule has 0 aromatic heterocycles. The van der Waals surface area contributed by atoms with Gasteiger partial charge in [-0.1, -0.05) is 19.1 Å². The molecule has 0 heterocycles. The fourth-order valence-corrected chi connectivity index (χ4v) is 4.10. The molecule has 0 spiro atoms. The summed E-state index contributed by atoms with van der Waals surface area (Å²) in [6, 6.07) is 0.